The van der Waals surface area contributed by atoms with Crippen molar-refractivity contribution in [2.45, 2.75) is 13.8 Å². The quantitative estimate of drug-likeness (QED) is 0.734. The monoisotopic (exact) mass is 389 g/mol. The summed E-state index contributed by atoms with van der Waals surface area (Å²) in [6.45, 7) is 6.66. The van der Waals surface area contributed by atoms with Gasteiger partial charge >= 0.3 is 0 Å². The van der Waals surface area contributed by atoms with Gasteiger partial charge in [-0.1, -0.05) is 18.2 Å². The molecule has 0 aliphatic carbocycles. The van der Waals surface area contributed by atoms with Gasteiger partial charge in [-0.05, 0) is 31.0 Å². The molecule has 0 unspecified atom stereocenters. The maximum atomic E-state index is 12.8. The molecule has 2 aromatic heterocycles. The van der Waals surface area contributed by atoms with E-state index in [0.717, 1.165) is 16.8 Å². The first kappa shape index (κ1) is 18.8. The molecule has 29 heavy (non-hydrogen) atoms. The van der Waals surface area contributed by atoms with Crippen LogP contribution in [-0.2, 0) is 0 Å². The first-order valence-corrected chi connectivity index (χ1v) is 9.58. The number of hydrogen-bond donors (Lipinski definition) is 1. The van der Waals surface area contributed by atoms with Crippen LogP contribution in [0.4, 0.5) is 17.5 Å². The number of nitrogens with one attached hydrogen (secondary N) is 1. The Morgan fingerprint density at radius 3 is 2.21 bits per heavy atom. The molecule has 3 heterocycles. The molecule has 1 fully saturated rings. The van der Waals surface area contributed by atoms with Crippen LogP contribution >= 0.6 is 0 Å². The molecule has 0 radical (unpaired) electrons. The number of nitrogens with zero attached hydrogens (tertiary/aromatic N) is 6. The van der Waals surface area contributed by atoms with Gasteiger partial charge < -0.3 is 15.1 Å². The van der Waals surface area contributed by atoms with E-state index >= 15 is 0 Å². The summed E-state index contributed by atoms with van der Waals surface area (Å²) in [6.07, 6.45) is 6.59. The van der Waals surface area contributed by atoms with E-state index in [-0.39, 0.29) is 5.91 Å². The van der Waals surface area contributed by atoms with Crippen molar-refractivity contribution in [1.29, 1.82) is 0 Å². The molecule has 4 rings (SSSR count). The van der Waals surface area contributed by atoms with Crippen LogP contribution in [0.25, 0.3) is 0 Å². The molecule has 1 saturated heterocycles. The molecule has 0 spiro atoms. The summed E-state index contributed by atoms with van der Waals surface area (Å²) in [5.41, 5.74) is 3.63. The maximum absolute atomic E-state index is 12.8. The van der Waals surface area contributed by atoms with Gasteiger partial charge in [0, 0.05) is 44.3 Å². The summed E-state index contributed by atoms with van der Waals surface area (Å²) in [5, 5.41) is 3.29. The Kier molecular flexibility index (Phi) is 5.33. The zero-order valence-corrected chi connectivity index (χ0v) is 16.5. The average molecular weight is 389 g/mol. The molecule has 1 aromatic carbocycles. The average Bonchev–Trinajstić information content (AvgIpc) is 2.77. The summed E-state index contributed by atoms with van der Waals surface area (Å²) in [7, 11) is 0. The smallest absolute Gasteiger partial charge is 0.274 e. The highest BCUT2D eigenvalue weighted by Crippen LogP contribution is 2.23. The lowest BCUT2D eigenvalue weighted by atomic mass is 10.1. The van der Waals surface area contributed by atoms with Crippen molar-refractivity contribution in [3.05, 3.63) is 65.9 Å². The summed E-state index contributed by atoms with van der Waals surface area (Å²) in [4.78, 5) is 33.9. The Labute approximate surface area is 169 Å². The zero-order valence-electron chi connectivity index (χ0n) is 16.5. The predicted octanol–water partition coefficient (Wildman–Crippen LogP) is 2.59. The van der Waals surface area contributed by atoms with Crippen LogP contribution in [0.15, 0.2) is 49.1 Å². The van der Waals surface area contributed by atoms with Gasteiger partial charge in [0.15, 0.2) is 0 Å². The molecular weight excluding hydrogens is 366 g/mol. The van der Waals surface area contributed by atoms with Crippen molar-refractivity contribution < 1.29 is 4.79 Å². The number of para-hydroxylation sites is 1. The van der Waals surface area contributed by atoms with Crippen LogP contribution in [0, 0.1) is 13.8 Å². The Morgan fingerprint density at radius 2 is 1.59 bits per heavy atom. The van der Waals surface area contributed by atoms with Crippen LogP contribution < -0.4 is 10.2 Å². The second-order valence-electron chi connectivity index (χ2n) is 7.01. The van der Waals surface area contributed by atoms with Crippen LogP contribution in [0.5, 0.6) is 0 Å². The van der Waals surface area contributed by atoms with Crippen molar-refractivity contribution in [3.8, 4) is 0 Å². The predicted molar refractivity (Wildman–Crippen MR) is 111 cm³/mol. The van der Waals surface area contributed by atoms with Crippen molar-refractivity contribution in [3.63, 3.8) is 0 Å². The first-order valence-electron chi connectivity index (χ1n) is 9.58. The molecule has 3 aromatic rings. The molecule has 8 nitrogen and oxygen atoms in total. The van der Waals surface area contributed by atoms with Crippen LogP contribution in [0.3, 0.4) is 0 Å². The van der Waals surface area contributed by atoms with Gasteiger partial charge in [-0.3, -0.25) is 4.79 Å². The topological polar surface area (TPSA) is 87.1 Å². The lowest BCUT2D eigenvalue weighted by Crippen LogP contribution is -2.49. The molecule has 8 heteroatoms. The number of piperazine rings is 1. The van der Waals surface area contributed by atoms with Crippen LogP contribution in [-0.4, -0.2) is 56.9 Å². The molecule has 1 aliphatic rings. The molecule has 0 bridgehead atoms. The fraction of sp³-hybridized carbons (Fsp3) is 0.286. The van der Waals surface area contributed by atoms with E-state index < -0.39 is 0 Å². The fourth-order valence-electron chi connectivity index (χ4n) is 3.37. The molecule has 0 saturated carbocycles. The van der Waals surface area contributed by atoms with Gasteiger partial charge in [-0.15, -0.1) is 0 Å². The number of hydrogen-bond acceptors (Lipinski definition) is 7. The minimum atomic E-state index is -0.107. The number of benzene rings is 1. The van der Waals surface area contributed by atoms with Crippen molar-refractivity contribution in [1.82, 2.24) is 24.8 Å². The zero-order chi connectivity index (χ0) is 20.2. The van der Waals surface area contributed by atoms with Crippen molar-refractivity contribution >= 4 is 23.4 Å². The van der Waals surface area contributed by atoms with Gasteiger partial charge in [0.1, 0.15) is 11.5 Å². The number of carbonyl (C=O) groups is 1. The molecule has 148 valence electrons. The maximum Gasteiger partial charge on any atom is 0.274 e. The third-order valence-corrected chi connectivity index (χ3v) is 5.01. The van der Waals surface area contributed by atoms with Crippen molar-refractivity contribution in [2.24, 2.45) is 0 Å². The summed E-state index contributed by atoms with van der Waals surface area (Å²) >= 11 is 0. The van der Waals surface area contributed by atoms with Gasteiger partial charge in [0.2, 0.25) is 5.95 Å². The normalized spacial score (nSPS) is 14.0. The molecular formula is C21H23N7O. The van der Waals surface area contributed by atoms with E-state index in [9.17, 15) is 4.79 Å². The highest BCUT2D eigenvalue weighted by atomic mass is 16.2. The SMILES string of the molecule is Cc1cccc(C)c1Nc1cnc(C(=O)N2CCN(c3ncccn3)CC2)cn1. The lowest BCUT2D eigenvalue weighted by Gasteiger charge is -2.34. The highest BCUT2D eigenvalue weighted by Gasteiger charge is 2.24. The van der Waals surface area contributed by atoms with Gasteiger partial charge in [0.05, 0.1) is 12.4 Å². The van der Waals surface area contributed by atoms with E-state index in [2.05, 4.69) is 30.2 Å². The fourth-order valence-corrected chi connectivity index (χ4v) is 3.37. The van der Waals surface area contributed by atoms with Gasteiger partial charge in [-0.2, -0.15) is 0 Å². The number of anilines is 3. The number of rotatable bonds is 4. The molecule has 1 aliphatic heterocycles. The third-order valence-electron chi connectivity index (χ3n) is 5.01. The van der Waals surface area contributed by atoms with E-state index in [1.807, 2.05) is 32.0 Å². The number of aryl methyl sites for hydroxylation is 2. The number of aromatic nitrogens is 4. The molecule has 0 atom stereocenters. The van der Waals surface area contributed by atoms with Crippen molar-refractivity contribution in [2.75, 3.05) is 36.4 Å². The second kappa shape index (κ2) is 8.22. The van der Waals surface area contributed by atoms with Gasteiger partial charge in [0.25, 0.3) is 5.91 Å². The largest absolute Gasteiger partial charge is 0.339 e. The first-order chi connectivity index (χ1) is 14.1. The van der Waals surface area contributed by atoms with Crippen LogP contribution in [0.1, 0.15) is 21.6 Å². The Balaban J connectivity index is 1.39. The summed E-state index contributed by atoms with van der Waals surface area (Å²) < 4.78 is 0. The van der Waals surface area contributed by atoms with E-state index in [4.69, 9.17) is 0 Å². The van der Waals surface area contributed by atoms with Gasteiger partial charge in [-0.25, -0.2) is 19.9 Å². The highest BCUT2D eigenvalue weighted by molar-refractivity contribution is 5.92. The second-order valence-corrected chi connectivity index (χ2v) is 7.01. The standard InChI is InChI=1S/C21H23N7O/c1-15-5-3-6-16(2)19(15)26-18-14-24-17(13-25-18)20(29)27-9-11-28(12-10-27)21-22-7-4-8-23-21/h3-8,13-14H,9-12H2,1-2H3,(H,25,26). The molecule has 1 N–H and O–H groups in total. The van der Waals surface area contributed by atoms with Crippen LogP contribution in [0.2, 0.25) is 0 Å². The van der Waals surface area contributed by atoms with E-state index in [1.165, 1.54) is 6.20 Å². The Hall–Kier alpha value is -3.55. The number of carbonyl (C=O) groups excluding carboxylic acids is 1. The Bertz CT molecular complexity index is 963. The summed E-state index contributed by atoms with van der Waals surface area (Å²) in [6, 6.07) is 7.90. The number of amides is 1. The minimum absolute atomic E-state index is 0.107. The van der Waals surface area contributed by atoms with E-state index in [1.54, 1.807) is 29.6 Å². The molecule has 1 amide bonds. The third kappa shape index (κ3) is 4.16. The van der Waals surface area contributed by atoms with E-state index in [0.29, 0.717) is 43.6 Å². The lowest BCUT2D eigenvalue weighted by molar-refractivity contribution is 0.0740. The minimum Gasteiger partial charge on any atom is -0.339 e. The summed E-state index contributed by atoms with van der Waals surface area (Å²) in [5.74, 6) is 1.20. The Morgan fingerprint density at radius 1 is 0.897 bits per heavy atom.